The Hall–Kier alpha value is -4.53. The fourth-order valence-corrected chi connectivity index (χ4v) is 4.26. The van der Waals surface area contributed by atoms with Gasteiger partial charge in [0.15, 0.2) is 11.5 Å². The maximum Gasteiger partial charge on any atom is 0.300 e. The summed E-state index contributed by atoms with van der Waals surface area (Å²) >= 11 is 0. The van der Waals surface area contributed by atoms with Gasteiger partial charge in [-0.2, -0.15) is 0 Å². The van der Waals surface area contributed by atoms with Gasteiger partial charge in [-0.1, -0.05) is 12.1 Å². The fourth-order valence-electron chi connectivity index (χ4n) is 4.26. The van der Waals surface area contributed by atoms with Crippen LogP contribution in [0.3, 0.4) is 0 Å². The summed E-state index contributed by atoms with van der Waals surface area (Å²) in [5.74, 6) is -1.54. The van der Waals surface area contributed by atoms with E-state index in [9.17, 15) is 19.1 Å². The zero-order valence-electron chi connectivity index (χ0n) is 20.1. The first-order valence-corrected chi connectivity index (χ1v) is 10.9. The van der Waals surface area contributed by atoms with Gasteiger partial charge in [0.25, 0.3) is 11.7 Å². The Balaban J connectivity index is 2.03. The molecule has 0 aromatic heterocycles. The number of ether oxygens (including phenoxy) is 4. The topological polar surface area (TPSA) is 94.5 Å². The summed E-state index contributed by atoms with van der Waals surface area (Å²) in [6, 6.07) is 13.8. The first-order valence-electron chi connectivity index (χ1n) is 10.9. The van der Waals surface area contributed by atoms with Crippen LogP contribution >= 0.6 is 0 Å². The molecule has 3 aromatic rings. The molecular weight excluding hydrogens is 469 g/mol. The van der Waals surface area contributed by atoms with E-state index >= 15 is 0 Å². The average Bonchev–Trinajstić information content (AvgIpc) is 3.17. The summed E-state index contributed by atoms with van der Waals surface area (Å²) in [4.78, 5) is 27.9. The van der Waals surface area contributed by atoms with Crippen molar-refractivity contribution in [1.29, 1.82) is 0 Å². The first kappa shape index (κ1) is 24.6. The highest BCUT2D eigenvalue weighted by atomic mass is 19.1. The van der Waals surface area contributed by atoms with Gasteiger partial charge in [-0.3, -0.25) is 14.5 Å². The Bertz CT molecular complexity index is 1330. The van der Waals surface area contributed by atoms with Crippen LogP contribution in [0.15, 0.2) is 66.2 Å². The molecule has 1 amide bonds. The van der Waals surface area contributed by atoms with Crippen molar-refractivity contribution in [1.82, 2.24) is 0 Å². The molecule has 186 valence electrons. The number of Topliss-reactive ketones (excluding diaryl/α,β-unsaturated/α-hetero) is 1. The van der Waals surface area contributed by atoms with Gasteiger partial charge >= 0.3 is 0 Å². The number of aliphatic hydroxyl groups excluding tert-OH is 1. The molecular formula is C27H24FNO7. The van der Waals surface area contributed by atoms with Crippen molar-refractivity contribution in [3.63, 3.8) is 0 Å². The van der Waals surface area contributed by atoms with E-state index in [1.807, 2.05) is 0 Å². The van der Waals surface area contributed by atoms with E-state index in [-0.39, 0.29) is 28.3 Å². The second kappa shape index (κ2) is 9.99. The standard InChI is InChI=1S/C27H24FNO7/c1-33-19-8-6-5-7-18(19)24(30)22-23(15-13-20(34-2)26(36-4)21(14-15)35-3)29(27(32)25(22)31)17-11-9-16(28)10-12-17/h5-14,23,30H,1-4H3/b24-22+. The molecule has 8 nitrogen and oxygen atoms in total. The van der Waals surface area contributed by atoms with Crippen molar-refractivity contribution in [3.8, 4) is 23.0 Å². The molecule has 3 aromatic carbocycles. The quantitative estimate of drug-likeness (QED) is 0.295. The number of anilines is 1. The van der Waals surface area contributed by atoms with Crippen LogP contribution in [0.1, 0.15) is 17.2 Å². The van der Waals surface area contributed by atoms with E-state index in [0.717, 1.165) is 0 Å². The molecule has 0 bridgehead atoms. The highest BCUT2D eigenvalue weighted by molar-refractivity contribution is 6.51. The number of rotatable bonds is 7. The molecule has 4 rings (SSSR count). The first-order chi connectivity index (χ1) is 17.4. The Labute approximate surface area is 207 Å². The Morgan fingerprint density at radius 1 is 0.833 bits per heavy atom. The summed E-state index contributed by atoms with van der Waals surface area (Å²) in [7, 11) is 5.76. The Morgan fingerprint density at radius 2 is 1.42 bits per heavy atom. The van der Waals surface area contributed by atoms with Gasteiger partial charge in [0.2, 0.25) is 5.75 Å². The van der Waals surface area contributed by atoms with Gasteiger partial charge in [0, 0.05) is 5.69 Å². The maximum atomic E-state index is 13.7. The molecule has 0 spiro atoms. The lowest BCUT2D eigenvalue weighted by Crippen LogP contribution is -2.29. The minimum Gasteiger partial charge on any atom is -0.507 e. The van der Waals surface area contributed by atoms with Crippen LogP contribution in [0.4, 0.5) is 10.1 Å². The molecule has 1 fully saturated rings. The van der Waals surface area contributed by atoms with Crippen molar-refractivity contribution in [2.24, 2.45) is 0 Å². The minimum atomic E-state index is -1.10. The minimum absolute atomic E-state index is 0.178. The van der Waals surface area contributed by atoms with E-state index < -0.39 is 29.3 Å². The molecule has 0 radical (unpaired) electrons. The fraction of sp³-hybridized carbons (Fsp3) is 0.185. The van der Waals surface area contributed by atoms with E-state index in [1.54, 1.807) is 36.4 Å². The smallest absolute Gasteiger partial charge is 0.300 e. The van der Waals surface area contributed by atoms with Crippen molar-refractivity contribution < 1.29 is 38.0 Å². The third-order valence-electron chi connectivity index (χ3n) is 5.91. The van der Waals surface area contributed by atoms with Crippen molar-refractivity contribution in [2.75, 3.05) is 33.3 Å². The normalized spacial score (nSPS) is 16.7. The summed E-state index contributed by atoms with van der Waals surface area (Å²) in [5, 5.41) is 11.4. The number of hydrogen-bond acceptors (Lipinski definition) is 7. The summed E-state index contributed by atoms with van der Waals surface area (Å²) in [6.45, 7) is 0. The molecule has 9 heteroatoms. The van der Waals surface area contributed by atoms with Crippen LogP contribution in [0, 0.1) is 5.82 Å². The molecule has 36 heavy (non-hydrogen) atoms. The average molecular weight is 493 g/mol. The van der Waals surface area contributed by atoms with Gasteiger partial charge in [-0.05, 0) is 54.1 Å². The van der Waals surface area contributed by atoms with E-state index in [0.29, 0.717) is 17.1 Å². The molecule has 0 aliphatic carbocycles. The molecule has 1 aliphatic heterocycles. The molecule has 1 N–H and O–H groups in total. The van der Waals surface area contributed by atoms with Gasteiger partial charge in [-0.25, -0.2) is 4.39 Å². The Kier molecular flexibility index (Phi) is 6.82. The molecule has 1 unspecified atom stereocenters. The number of methoxy groups -OCH3 is 4. The second-order valence-electron chi connectivity index (χ2n) is 7.80. The van der Waals surface area contributed by atoms with Crippen molar-refractivity contribution in [2.45, 2.75) is 6.04 Å². The predicted molar refractivity (Wildman–Crippen MR) is 130 cm³/mol. The number of carbonyl (C=O) groups is 2. The van der Waals surface area contributed by atoms with Crippen LogP contribution < -0.4 is 23.8 Å². The highest BCUT2D eigenvalue weighted by Crippen LogP contribution is 2.47. The molecule has 1 aliphatic rings. The SMILES string of the molecule is COc1ccccc1/C(O)=C1\C(=O)C(=O)N(c2ccc(F)cc2)C1c1cc(OC)c(OC)c(OC)c1. The number of amides is 1. The number of aliphatic hydroxyl groups is 1. The molecule has 1 atom stereocenters. The van der Waals surface area contributed by atoms with Crippen LogP contribution in [0.2, 0.25) is 0 Å². The number of para-hydroxylation sites is 1. The summed E-state index contributed by atoms with van der Waals surface area (Å²) < 4.78 is 35.4. The molecule has 1 saturated heterocycles. The number of ketones is 1. The monoisotopic (exact) mass is 493 g/mol. The molecule has 0 saturated carbocycles. The van der Waals surface area contributed by atoms with E-state index in [4.69, 9.17) is 18.9 Å². The number of hydrogen-bond donors (Lipinski definition) is 1. The lowest BCUT2D eigenvalue weighted by molar-refractivity contribution is -0.132. The number of nitrogens with zero attached hydrogens (tertiary/aromatic N) is 1. The third-order valence-corrected chi connectivity index (χ3v) is 5.91. The van der Waals surface area contributed by atoms with Gasteiger partial charge in [0.1, 0.15) is 17.3 Å². The second-order valence-corrected chi connectivity index (χ2v) is 7.80. The number of benzene rings is 3. The van der Waals surface area contributed by atoms with Crippen LogP contribution in [-0.2, 0) is 9.59 Å². The number of carbonyl (C=O) groups excluding carboxylic acids is 2. The largest absolute Gasteiger partial charge is 0.507 e. The van der Waals surface area contributed by atoms with Crippen molar-refractivity contribution >= 4 is 23.1 Å². The highest BCUT2D eigenvalue weighted by Gasteiger charge is 2.47. The molecule has 1 heterocycles. The van der Waals surface area contributed by atoms with Crippen molar-refractivity contribution in [3.05, 3.63) is 83.2 Å². The maximum absolute atomic E-state index is 13.7. The van der Waals surface area contributed by atoms with Gasteiger partial charge < -0.3 is 24.1 Å². The van der Waals surface area contributed by atoms with Crippen LogP contribution in [0.25, 0.3) is 5.76 Å². The van der Waals surface area contributed by atoms with Crippen LogP contribution in [0.5, 0.6) is 23.0 Å². The lowest BCUT2D eigenvalue weighted by atomic mass is 9.94. The lowest BCUT2D eigenvalue weighted by Gasteiger charge is -2.26. The number of halogens is 1. The third kappa shape index (κ3) is 4.08. The zero-order chi connectivity index (χ0) is 26.0. The summed E-state index contributed by atoms with van der Waals surface area (Å²) in [6.07, 6.45) is 0. The Morgan fingerprint density at radius 3 is 1.97 bits per heavy atom. The van der Waals surface area contributed by atoms with Gasteiger partial charge in [0.05, 0.1) is 45.6 Å². The van der Waals surface area contributed by atoms with E-state index in [1.165, 1.54) is 57.6 Å². The zero-order valence-corrected chi connectivity index (χ0v) is 20.1. The van der Waals surface area contributed by atoms with E-state index in [2.05, 4.69) is 0 Å². The van der Waals surface area contributed by atoms with Gasteiger partial charge in [-0.15, -0.1) is 0 Å². The van der Waals surface area contributed by atoms with Crippen LogP contribution in [-0.4, -0.2) is 45.2 Å². The predicted octanol–water partition coefficient (Wildman–Crippen LogP) is 4.49. The summed E-state index contributed by atoms with van der Waals surface area (Å²) in [5.41, 5.74) is 0.707.